The predicted octanol–water partition coefficient (Wildman–Crippen LogP) is 4.39. The van der Waals surface area contributed by atoms with Gasteiger partial charge in [-0.05, 0) is 23.3 Å². The Bertz CT molecular complexity index is 575. The Morgan fingerprint density at radius 2 is 1.81 bits per heavy atom. The molecule has 21 heavy (non-hydrogen) atoms. The third-order valence-corrected chi connectivity index (χ3v) is 3.46. The van der Waals surface area contributed by atoms with Crippen molar-refractivity contribution in [2.24, 2.45) is 0 Å². The average molecular weight is 352 g/mol. The van der Waals surface area contributed by atoms with Crippen LogP contribution in [0.25, 0.3) is 0 Å². The zero-order valence-corrected chi connectivity index (χ0v) is 12.8. The molecule has 0 saturated heterocycles. The molecule has 0 spiro atoms. The molecule has 0 saturated carbocycles. The minimum absolute atomic E-state index is 0.159. The van der Waals surface area contributed by atoms with Crippen LogP contribution < -0.4 is 5.32 Å². The molecule has 0 aliphatic carbocycles. The van der Waals surface area contributed by atoms with Crippen LogP contribution in [0.2, 0.25) is 0 Å². The van der Waals surface area contributed by atoms with E-state index in [0.717, 1.165) is 10.0 Å². The fourth-order valence-electron chi connectivity index (χ4n) is 1.81. The molecule has 5 heteroatoms. The van der Waals surface area contributed by atoms with E-state index in [0.29, 0.717) is 5.56 Å². The summed E-state index contributed by atoms with van der Waals surface area (Å²) in [6.07, 6.45) is -0.635. The highest BCUT2D eigenvalue weighted by atomic mass is 79.9. The summed E-state index contributed by atoms with van der Waals surface area (Å²) in [6, 6.07) is 15.7. The Balaban J connectivity index is 1.89. The molecule has 2 aromatic carbocycles. The molecule has 110 valence electrons. The molecule has 0 fully saturated rings. The van der Waals surface area contributed by atoms with Gasteiger partial charge in [0.15, 0.2) is 0 Å². The van der Waals surface area contributed by atoms with E-state index < -0.39 is 18.8 Å². The van der Waals surface area contributed by atoms with Crippen molar-refractivity contribution in [3.8, 4) is 0 Å². The number of benzene rings is 2. The zero-order valence-electron chi connectivity index (χ0n) is 11.3. The number of ether oxygens (including phenoxy) is 1. The van der Waals surface area contributed by atoms with Crippen molar-refractivity contribution in [3.05, 3.63) is 70.2 Å². The third-order valence-electron chi connectivity index (χ3n) is 2.93. The van der Waals surface area contributed by atoms with Crippen LogP contribution in [0.1, 0.15) is 17.2 Å². The molecule has 0 heterocycles. The number of alkyl carbamates (subject to hydrolysis) is 1. The number of hydrogen-bond donors (Lipinski definition) is 1. The lowest BCUT2D eigenvalue weighted by atomic mass is 10.1. The van der Waals surface area contributed by atoms with Gasteiger partial charge in [-0.3, -0.25) is 0 Å². The number of alkyl halides is 1. The quantitative estimate of drug-likeness (QED) is 0.867. The number of carbonyl (C=O) groups is 1. The normalized spacial score (nSPS) is 11.7. The van der Waals surface area contributed by atoms with Gasteiger partial charge in [-0.15, -0.1) is 0 Å². The first-order valence-electron chi connectivity index (χ1n) is 6.47. The second-order valence-electron chi connectivity index (χ2n) is 4.46. The van der Waals surface area contributed by atoms with Crippen molar-refractivity contribution < 1.29 is 13.9 Å². The van der Waals surface area contributed by atoms with E-state index in [-0.39, 0.29) is 6.61 Å². The molecule has 1 atom stereocenters. The number of hydrogen-bond acceptors (Lipinski definition) is 2. The smallest absolute Gasteiger partial charge is 0.408 e. The standard InChI is InChI=1S/C16H15BrFNO2/c17-14-8-6-13(7-9-14)15(10-18)19-16(20)21-11-12-4-2-1-3-5-12/h1-9,15H,10-11H2,(H,19,20). The van der Waals surface area contributed by atoms with E-state index in [4.69, 9.17) is 4.74 Å². The fourth-order valence-corrected chi connectivity index (χ4v) is 2.08. The molecular weight excluding hydrogens is 337 g/mol. The van der Waals surface area contributed by atoms with Crippen LogP contribution in [0.3, 0.4) is 0 Å². The van der Waals surface area contributed by atoms with Gasteiger partial charge in [-0.2, -0.15) is 0 Å². The summed E-state index contributed by atoms with van der Waals surface area (Å²) in [5, 5.41) is 2.52. The van der Waals surface area contributed by atoms with Crippen molar-refractivity contribution in [2.45, 2.75) is 12.6 Å². The minimum Gasteiger partial charge on any atom is -0.445 e. The largest absolute Gasteiger partial charge is 0.445 e. The van der Waals surface area contributed by atoms with Crippen molar-refractivity contribution in [2.75, 3.05) is 6.67 Å². The Hall–Kier alpha value is -1.88. The maximum Gasteiger partial charge on any atom is 0.408 e. The first kappa shape index (κ1) is 15.5. The lowest BCUT2D eigenvalue weighted by molar-refractivity contribution is 0.133. The van der Waals surface area contributed by atoms with Crippen molar-refractivity contribution >= 4 is 22.0 Å². The monoisotopic (exact) mass is 351 g/mol. The fraction of sp³-hybridized carbons (Fsp3) is 0.188. The third kappa shape index (κ3) is 4.86. The maximum atomic E-state index is 13.1. The van der Waals surface area contributed by atoms with Crippen LogP contribution in [0.4, 0.5) is 9.18 Å². The van der Waals surface area contributed by atoms with Crippen LogP contribution in [0, 0.1) is 0 Å². The topological polar surface area (TPSA) is 38.3 Å². The van der Waals surface area contributed by atoms with Crippen LogP contribution in [0.15, 0.2) is 59.1 Å². The molecule has 0 radical (unpaired) electrons. The first-order chi connectivity index (χ1) is 10.2. The Kier molecular flexibility index (Phi) is 5.75. The lowest BCUT2D eigenvalue weighted by Crippen LogP contribution is -2.30. The van der Waals surface area contributed by atoms with Crippen molar-refractivity contribution in [1.29, 1.82) is 0 Å². The molecule has 1 N–H and O–H groups in total. The summed E-state index contributed by atoms with van der Waals surface area (Å²) < 4.78 is 19.1. The second-order valence-corrected chi connectivity index (χ2v) is 5.38. The van der Waals surface area contributed by atoms with Gasteiger partial charge in [0, 0.05) is 4.47 Å². The summed E-state index contributed by atoms with van der Waals surface area (Å²) in [6.45, 7) is -0.534. The summed E-state index contributed by atoms with van der Waals surface area (Å²) >= 11 is 3.31. The molecule has 1 unspecified atom stereocenters. The van der Waals surface area contributed by atoms with Crippen LogP contribution in [-0.4, -0.2) is 12.8 Å². The number of rotatable bonds is 5. The van der Waals surface area contributed by atoms with Crippen LogP contribution in [0.5, 0.6) is 0 Å². The van der Waals surface area contributed by atoms with Crippen molar-refractivity contribution in [3.63, 3.8) is 0 Å². The van der Waals surface area contributed by atoms with Crippen molar-refractivity contribution in [1.82, 2.24) is 5.32 Å². The van der Waals surface area contributed by atoms with Gasteiger partial charge in [0.1, 0.15) is 13.3 Å². The molecule has 2 aromatic rings. The van der Waals surface area contributed by atoms with Gasteiger partial charge in [0.25, 0.3) is 0 Å². The number of amides is 1. The number of carbonyl (C=O) groups excluding carboxylic acids is 1. The van der Waals surface area contributed by atoms with Gasteiger partial charge in [0.05, 0.1) is 6.04 Å². The Labute approximate surface area is 131 Å². The summed E-state index contributed by atoms with van der Waals surface area (Å²) in [5.74, 6) is 0. The summed E-state index contributed by atoms with van der Waals surface area (Å²) in [5.41, 5.74) is 1.57. The molecule has 0 aliphatic rings. The predicted molar refractivity (Wildman–Crippen MR) is 82.6 cm³/mol. The van der Waals surface area contributed by atoms with Crippen LogP contribution >= 0.6 is 15.9 Å². The van der Waals surface area contributed by atoms with E-state index in [2.05, 4.69) is 21.2 Å². The molecule has 1 amide bonds. The van der Waals surface area contributed by atoms with Gasteiger partial charge >= 0.3 is 6.09 Å². The molecule has 0 bridgehead atoms. The second kappa shape index (κ2) is 7.78. The van der Waals surface area contributed by atoms with Gasteiger partial charge < -0.3 is 10.1 Å². The molecule has 3 nitrogen and oxygen atoms in total. The van der Waals surface area contributed by atoms with Gasteiger partial charge in [-0.1, -0.05) is 58.4 Å². The Morgan fingerprint density at radius 1 is 1.14 bits per heavy atom. The van der Waals surface area contributed by atoms with Crippen LogP contribution in [-0.2, 0) is 11.3 Å². The molecule has 0 aromatic heterocycles. The number of halogens is 2. The molecular formula is C16H15BrFNO2. The van der Waals surface area contributed by atoms with E-state index in [1.807, 2.05) is 30.3 Å². The highest BCUT2D eigenvalue weighted by Gasteiger charge is 2.15. The SMILES string of the molecule is O=C(NC(CF)c1ccc(Br)cc1)OCc1ccccc1. The van der Waals surface area contributed by atoms with E-state index in [1.54, 1.807) is 24.3 Å². The average Bonchev–Trinajstić information content (AvgIpc) is 2.52. The molecule has 0 aliphatic heterocycles. The van der Waals surface area contributed by atoms with Gasteiger partial charge in [-0.25, -0.2) is 9.18 Å². The summed E-state index contributed by atoms with van der Waals surface area (Å²) in [7, 11) is 0. The van der Waals surface area contributed by atoms with E-state index >= 15 is 0 Å². The highest BCUT2D eigenvalue weighted by molar-refractivity contribution is 9.10. The summed E-state index contributed by atoms with van der Waals surface area (Å²) in [4.78, 5) is 11.7. The molecule has 2 rings (SSSR count). The maximum absolute atomic E-state index is 13.1. The van der Waals surface area contributed by atoms with E-state index in [9.17, 15) is 9.18 Å². The van der Waals surface area contributed by atoms with E-state index in [1.165, 1.54) is 0 Å². The first-order valence-corrected chi connectivity index (χ1v) is 7.27. The lowest BCUT2D eigenvalue weighted by Gasteiger charge is -2.16. The Morgan fingerprint density at radius 3 is 2.43 bits per heavy atom. The highest BCUT2D eigenvalue weighted by Crippen LogP contribution is 2.17. The number of nitrogens with one attached hydrogen (secondary N) is 1. The zero-order chi connectivity index (χ0) is 15.1. The van der Waals surface area contributed by atoms with Gasteiger partial charge in [0.2, 0.25) is 0 Å². The minimum atomic E-state index is -0.707.